The normalized spacial score (nSPS) is 16.4. The van der Waals surface area contributed by atoms with Crippen molar-refractivity contribution in [2.24, 2.45) is 4.99 Å². The van der Waals surface area contributed by atoms with E-state index < -0.39 is 11.8 Å². The first kappa shape index (κ1) is 15.2. The number of halogens is 2. The van der Waals surface area contributed by atoms with E-state index in [4.69, 9.17) is 16.3 Å². The van der Waals surface area contributed by atoms with Crippen LogP contribution in [-0.4, -0.2) is 11.9 Å². The lowest BCUT2D eigenvalue weighted by Gasteiger charge is -1.99. The topological polar surface area (TPSA) is 38.7 Å². The average molecular weight is 328 g/mol. The number of carbonyl (C=O) groups excluding carboxylic acids is 1. The van der Waals surface area contributed by atoms with E-state index in [9.17, 15) is 9.18 Å². The molecule has 0 N–H and O–H groups in total. The zero-order chi connectivity index (χ0) is 16.2. The Kier molecular flexibility index (Phi) is 4.35. The summed E-state index contributed by atoms with van der Waals surface area (Å²) >= 11 is 6.12. The summed E-state index contributed by atoms with van der Waals surface area (Å²) < 4.78 is 18.7. The van der Waals surface area contributed by atoms with Crippen molar-refractivity contribution in [1.82, 2.24) is 0 Å². The van der Waals surface area contributed by atoms with Crippen LogP contribution in [0.1, 0.15) is 11.1 Å². The standard InChI is InChI=1S/C18H11ClFNO2/c19-13(10-12-6-2-1-3-7-12)11-16-18(22)23-17(21-16)14-8-4-5-9-15(14)20/h1-11H. The van der Waals surface area contributed by atoms with Crippen LogP contribution in [0.3, 0.4) is 0 Å². The lowest BCUT2D eigenvalue weighted by Crippen LogP contribution is -2.07. The maximum Gasteiger partial charge on any atom is 0.363 e. The molecular formula is C18H11ClFNO2. The van der Waals surface area contributed by atoms with Crippen molar-refractivity contribution in [1.29, 1.82) is 0 Å². The van der Waals surface area contributed by atoms with E-state index >= 15 is 0 Å². The summed E-state index contributed by atoms with van der Waals surface area (Å²) in [6, 6.07) is 15.3. The number of hydrogen-bond donors (Lipinski definition) is 0. The van der Waals surface area contributed by atoms with E-state index in [1.807, 2.05) is 30.3 Å². The van der Waals surface area contributed by atoms with Gasteiger partial charge < -0.3 is 4.74 Å². The third-order valence-corrected chi connectivity index (χ3v) is 3.32. The first-order chi connectivity index (χ1) is 11.1. The molecule has 1 heterocycles. The van der Waals surface area contributed by atoms with Crippen LogP contribution in [0.2, 0.25) is 0 Å². The number of benzene rings is 2. The maximum atomic E-state index is 13.7. The van der Waals surface area contributed by atoms with Crippen LogP contribution in [0.15, 0.2) is 76.4 Å². The van der Waals surface area contributed by atoms with Crippen molar-refractivity contribution in [3.63, 3.8) is 0 Å². The Balaban J connectivity index is 1.89. The maximum absolute atomic E-state index is 13.7. The van der Waals surface area contributed by atoms with Crippen molar-refractivity contribution in [2.75, 3.05) is 0 Å². The number of ether oxygens (including phenoxy) is 1. The van der Waals surface area contributed by atoms with Crippen LogP contribution in [0.5, 0.6) is 0 Å². The Morgan fingerprint density at radius 1 is 1.09 bits per heavy atom. The van der Waals surface area contributed by atoms with Gasteiger partial charge in [0.05, 0.1) is 5.56 Å². The largest absolute Gasteiger partial charge is 0.402 e. The number of allylic oxidation sites excluding steroid dienone is 2. The second-order valence-electron chi connectivity index (χ2n) is 4.76. The van der Waals surface area contributed by atoms with Gasteiger partial charge in [-0.15, -0.1) is 0 Å². The number of cyclic esters (lactones) is 1. The number of carbonyl (C=O) groups is 1. The van der Waals surface area contributed by atoms with Crippen molar-refractivity contribution in [2.45, 2.75) is 0 Å². The second-order valence-corrected chi connectivity index (χ2v) is 5.19. The monoisotopic (exact) mass is 327 g/mol. The summed E-state index contributed by atoms with van der Waals surface area (Å²) in [6.45, 7) is 0. The molecule has 3 rings (SSSR count). The molecule has 0 atom stereocenters. The van der Waals surface area contributed by atoms with Gasteiger partial charge in [-0.25, -0.2) is 14.2 Å². The predicted octanol–water partition coefficient (Wildman–Crippen LogP) is 4.29. The molecule has 1 aliphatic rings. The number of esters is 1. The van der Waals surface area contributed by atoms with E-state index in [1.165, 1.54) is 18.2 Å². The van der Waals surface area contributed by atoms with E-state index in [0.717, 1.165) is 5.56 Å². The summed E-state index contributed by atoms with van der Waals surface area (Å²) in [5.74, 6) is -1.24. The van der Waals surface area contributed by atoms with Crippen molar-refractivity contribution in [3.8, 4) is 0 Å². The fourth-order valence-corrected chi connectivity index (χ4v) is 2.27. The highest BCUT2D eigenvalue weighted by molar-refractivity contribution is 6.33. The zero-order valence-electron chi connectivity index (χ0n) is 11.9. The number of hydrogen-bond acceptors (Lipinski definition) is 3. The molecule has 0 amide bonds. The minimum Gasteiger partial charge on any atom is -0.402 e. The molecule has 0 saturated carbocycles. The van der Waals surface area contributed by atoms with E-state index in [1.54, 1.807) is 18.2 Å². The fourth-order valence-electron chi connectivity index (χ4n) is 2.04. The molecule has 5 heteroatoms. The summed E-state index contributed by atoms with van der Waals surface area (Å²) in [5, 5.41) is 0.321. The molecule has 0 fully saturated rings. The minimum absolute atomic E-state index is 0.0282. The molecule has 0 saturated heterocycles. The molecule has 2 aromatic carbocycles. The quantitative estimate of drug-likeness (QED) is 0.623. The van der Waals surface area contributed by atoms with Gasteiger partial charge >= 0.3 is 5.97 Å². The van der Waals surface area contributed by atoms with Crippen LogP contribution >= 0.6 is 11.6 Å². The summed E-state index contributed by atoms with van der Waals surface area (Å²) in [4.78, 5) is 15.9. The van der Waals surface area contributed by atoms with Crippen molar-refractivity contribution < 1.29 is 13.9 Å². The summed E-state index contributed by atoms with van der Waals surface area (Å²) in [5.41, 5.74) is 1.05. The second kappa shape index (κ2) is 6.58. The number of rotatable bonds is 3. The Morgan fingerprint density at radius 2 is 1.78 bits per heavy atom. The van der Waals surface area contributed by atoms with E-state index in [0.29, 0.717) is 5.03 Å². The van der Waals surface area contributed by atoms with Crippen molar-refractivity contribution in [3.05, 3.63) is 88.3 Å². The van der Waals surface area contributed by atoms with Gasteiger partial charge in [-0.3, -0.25) is 0 Å². The highest BCUT2D eigenvalue weighted by atomic mass is 35.5. The van der Waals surface area contributed by atoms with Gasteiger partial charge in [0.25, 0.3) is 0 Å². The van der Waals surface area contributed by atoms with Gasteiger partial charge in [0.1, 0.15) is 5.82 Å². The lowest BCUT2D eigenvalue weighted by atomic mass is 10.2. The van der Waals surface area contributed by atoms with Gasteiger partial charge in [-0.05, 0) is 29.8 Å². The van der Waals surface area contributed by atoms with Gasteiger partial charge in [-0.1, -0.05) is 54.1 Å². The molecule has 114 valence electrons. The highest BCUT2D eigenvalue weighted by Gasteiger charge is 2.25. The van der Waals surface area contributed by atoms with Gasteiger partial charge in [0, 0.05) is 5.03 Å². The molecule has 3 nitrogen and oxygen atoms in total. The van der Waals surface area contributed by atoms with Crippen molar-refractivity contribution >= 4 is 29.5 Å². The van der Waals surface area contributed by atoms with Crippen LogP contribution < -0.4 is 0 Å². The Bertz CT molecular complexity index is 841. The molecule has 0 radical (unpaired) electrons. The Morgan fingerprint density at radius 3 is 2.52 bits per heavy atom. The SMILES string of the molecule is O=C1OC(c2ccccc2F)=NC1=CC(Cl)=Cc1ccccc1. The van der Waals surface area contributed by atoms with Crippen LogP contribution in [0.25, 0.3) is 6.08 Å². The molecule has 0 bridgehead atoms. The molecule has 0 unspecified atom stereocenters. The minimum atomic E-state index is -0.664. The predicted molar refractivity (Wildman–Crippen MR) is 87.4 cm³/mol. The van der Waals surface area contributed by atoms with Gasteiger partial charge in [0.15, 0.2) is 5.70 Å². The Labute approximate surface area is 137 Å². The molecule has 23 heavy (non-hydrogen) atoms. The van der Waals surface area contributed by atoms with E-state index in [2.05, 4.69) is 4.99 Å². The van der Waals surface area contributed by atoms with Crippen LogP contribution in [0.4, 0.5) is 4.39 Å². The Hall–Kier alpha value is -2.72. The molecule has 0 spiro atoms. The van der Waals surface area contributed by atoms with Crippen LogP contribution in [0, 0.1) is 5.82 Å². The molecular weight excluding hydrogens is 317 g/mol. The van der Waals surface area contributed by atoms with Gasteiger partial charge in [0.2, 0.25) is 5.90 Å². The highest BCUT2D eigenvalue weighted by Crippen LogP contribution is 2.21. The first-order valence-corrected chi connectivity index (χ1v) is 7.21. The zero-order valence-corrected chi connectivity index (χ0v) is 12.6. The first-order valence-electron chi connectivity index (χ1n) is 6.83. The third-order valence-electron chi connectivity index (χ3n) is 3.10. The number of nitrogens with zero attached hydrogens (tertiary/aromatic N) is 1. The summed E-state index contributed by atoms with van der Waals surface area (Å²) in [7, 11) is 0. The fraction of sp³-hybridized carbons (Fsp3) is 0. The molecule has 0 aromatic heterocycles. The van der Waals surface area contributed by atoms with E-state index in [-0.39, 0.29) is 17.2 Å². The lowest BCUT2D eigenvalue weighted by molar-refractivity contribution is -0.130. The van der Waals surface area contributed by atoms with Gasteiger partial charge in [-0.2, -0.15) is 0 Å². The molecule has 2 aromatic rings. The summed E-state index contributed by atoms with van der Waals surface area (Å²) in [6.07, 6.45) is 3.09. The smallest absolute Gasteiger partial charge is 0.363 e. The third kappa shape index (κ3) is 3.55. The van der Waals surface area contributed by atoms with Crippen LogP contribution in [-0.2, 0) is 9.53 Å². The molecule has 1 aliphatic heterocycles. The number of aliphatic imine (C=N–C) groups is 1. The average Bonchev–Trinajstić information content (AvgIpc) is 2.89. The molecule has 0 aliphatic carbocycles.